The molecule has 0 saturated heterocycles. The van der Waals surface area contributed by atoms with Gasteiger partial charge in [0.1, 0.15) is 0 Å². The molecule has 0 atom stereocenters. The Kier molecular flexibility index (Phi) is 3.78. The van der Waals surface area contributed by atoms with E-state index >= 15 is 0 Å². The maximum Gasteiger partial charge on any atom is 0.158 e. The fraction of sp³-hybridized carbons (Fsp3) is 0.364. The summed E-state index contributed by atoms with van der Waals surface area (Å²) >= 11 is 6.20. The van der Waals surface area contributed by atoms with Gasteiger partial charge in [-0.15, -0.1) is 5.10 Å². The molecule has 2 rings (SSSR count). The lowest BCUT2D eigenvalue weighted by Crippen LogP contribution is -2.26. The zero-order valence-corrected chi connectivity index (χ0v) is 10.8. The van der Waals surface area contributed by atoms with E-state index in [0.29, 0.717) is 16.3 Å². The quantitative estimate of drug-likeness (QED) is 0.282. The maximum absolute atomic E-state index is 6.20. The molecule has 0 amide bonds. The molecule has 0 radical (unpaired) electrons. The van der Waals surface area contributed by atoms with E-state index in [2.05, 4.69) is 16.0 Å². The number of rotatable bonds is 3. The van der Waals surface area contributed by atoms with Crippen LogP contribution in [0.1, 0.15) is 17.5 Å². The molecule has 0 fully saturated rings. The van der Waals surface area contributed by atoms with Crippen LogP contribution in [0.25, 0.3) is 0 Å². The first-order valence-corrected chi connectivity index (χ1v) is 5.99. The molecular weight excluding hydrogens is 254 g/mol. The molecule has 0 aliphatic carbocycles. The molecule has 1 aromatic carbocycles. The van der Waals surface area contributed by atoms with Crippen molar-refractivity contribution in [1.29, 1.82) is 0 Å². The van der Waals surface area contributed by atoms with Crippen molar-refractivity contribution in [3.63, 3.8) is 0 Å². The van der Waals surface area contributed by atoms with Crippen LogP contribution in [-0.4, -0.2) is 19.5 Å². The van der Waals surface area contributed by atoms with Gasteiger partial charge in [-0.1, -0.05) is 11.6 Å². The minimum absolute atomic E-state index is 0.238. The smallest absolute Gasteiger partial charge is 0.158 e. The van der Waals surface area contributed by atoms with Gasteiger partial charge in [0, 0.05) is 6.54 Å². The zero-order valence-electron chi connectivity index (χ0n) is 10.1. The van der Waals surface area contributed by atoms with Crippen LogP contribution < -0.4 is 27.2 Å². The number of nitrogens with zero attached hydrogens (tertiary/aromatic N) is 1. The fourth-order valence-electron chi connectivity index (χ4n) is 2.14. The Balaban J connectivity index is 2.65. The monoisotopic (exact) mass is 269 g/mol. The molecule has 0 spiro atoms. The molecule has 1 aliphatic rings. The molecule has 0 unspecified atom stereocenters. The Morgan fingerprint density at radius 2 is 2.39 bits per heavy atom. The fourth-order valence-corrected chi connectivity index (χ4v) is 2.45. The first-order valence-electron chi connectivity index (χ1n) is 5.61. The number of methoxy groups -OCH3 is 1. The molecule has 7 heteroatoms. The molecule has 98 valence electrons. The molecule has 0 saturated carbocycles. The number of hydrazine groups is 1. The minimum atomic E-state index is 0.238. The second-order valence-electron chi connectivity index (χ2n) is 3.96. The molecule has 6 N–H and O–H groups in total. The zero-order chi connectivity index (χ0) is 13.1. The maximum atomic E-state index is 6.20. The third-order valence-corrected chi connectivity index (χ3v) is 3.17. The van der Waals surface area contributed by atoms with E-state index in [9.17, 15) is 0 Å². The third-order valence-electron chi connectivity index (χ3n) is 2.89. The highest BCUT2D eigenvalue weighted by atomic mass is 35.5. The number of anilines is 1. The lowest BCUT2D eigenvalue weighted by Gasteiger charge is -2.23. The van der Waals surface area contributed by atoms with E-state index in [1.165, 1.54) is 0 Å². The van der Waals surface area contributed by atoms with Gasteiger partial charge in [0.15, 0.2) is 11.6 Å². The van der Waals surface area contributed by atoms with Gasteiger partial charge in [-0.05, 0) is 24.5 Å². The topological polar surface area (TPSA) is 97.7 Å². The van der Waals surface area contributed by atoms with Gasteiger partial charge < -0.3 is 15.8 Å². The first-order chi connectivity index (χ1) is 8.69. The summed E-state index contributed by atoms with van der Waals surface area (Å²) in [6, 6.07) is 1.90. The van der Waals surface area contributed by atoms with Gasteiger partial charge in [0.05, 0.1) is 23.4 Å². The van der Waals surface area contributed by atoms with Gasteiger partial charge in [-0.25, -0.2) is 11.4 Å². The summed E-state index contributed by atoms with van der Waals surface area (Å²) in [6.07, 6.45) is 2.00. The van der Waals surface area contributed by atoms with Crippen molar-refractivity contribution in [2.45, 2.75) is 12.8 Å². The molecule has 18 heavy (non-hydrogen) atoms. The largest absolute Gasteiger partial charge is 0.494 e. The number of hydrazone groups is 1. The van der Waals surface area contributed by atoms with Crippen LogP contribution in [0.15, 0.2) is 11.2 Å². The normalized spacial score (nSPS) is 14.7. The third kappa shape index (κ3) is 2.16. The van der Waals surface area contributed by atoms with Crippen molar-refractivity contribution in [3.05, 3.63) is 22.2 Å². The number of benzene rings is 1. The Morgan fingerprint density at radius 3 is 3.06 bits per heavy atom. The van der Waals surface area contributed by atoms with Crippen molar-refractivity contribution in [2.24, 2.45) is 16.7 Å². The second-order valence-corrected chi connectivity index (χ2v) is 4.36. The molecule has 0 bridgehead atoms. The number of nitrogens with two attached hydrogens (primary N) is 2. The lowest BCUT2D eigenvalue weighted by molar-refractivity contribution is 0.414. The van der Waals surface area contributed by atoms with Crippen LogP contribution in [0.3, 0.4) is 0 Å². The number of amidine groups is 1. The SMILES string of the molecule is COc1c(Cl)cc2c(c1/C(N)=N/NN)NCCC2. The molecule has 1 heterocycles. The summed E-state index contributed by atoms with van der Waals surface area (Å²) in [5.74, 6) is 5.90. The number of hydrogen-bond acceptors (Lipinski definition) is 5. The molecule has 6 nitrogen and oxygen atoms in total. The van der Waals surface area contributed by atoms with Crippen LogP contribution in [0.4, 0.5) is 5.69 Å². The van der Waals surface area contributed by atoms with Crippen LogP contribution >= 0.6 is 11.6 Å². The van der Waals surface area contributed by atoms with Crippen LogP contribution in [0, 0.1) is 0 Å². The Labute approximate surface area is 110 Å². The summed E-state index contributed by atoms with van der Waals surface area (Å²) in [6.45, 7) is 0.883. The van der Waals surface area contributed by atoms with Crippen molar-refractivity contribution in [1.82, 2.24) is 5.53 Å². The summed E-state index contributed by atoms with van der Waals surface area (Å²) in [7, 11) is 1.54. The van der Waals surface area contributed by atoms with E-state index in [4.69, 9.17) is 27.9 Å². The average Bonchev–Trinajstić information content (AvgIpc) is 2.37. The van der Waals surface area contributed by atoms with Gasteiger partial charge in [-0.3, -0.25) is 0 Å². The molecule has 0 aromatic heterocycles. The lowest BCUT2D eigenvalue weighted by atomic mass is 9.98. The molecule has 1 aliphatic heterocycles. The van der Waals surface area contributed by atoms with Gasteiger partial charge in [0.2, 0.25) is 0 Å². The highest BCUT2D eigenvalue weighted by Gasteiger charge is 2.22. The van der Waals surface area contributed by atoms with Crippen LogP contribution in [0.5, 0.6) is 5.75 Å². The van der Waals surface area contributed by atoms with Gasteiger partial charge >= 0.3 is 0 Å². The first kappa shape index (κ1) is 12.8. The predicted molar refractivity (Wildman–Crippen MR) is 72.9 cm³/mol. The van der Waals surface area contributed by atoms with Gasteiger partial charge in [0.25, 0.3) is 0 Å². The number of fused-ring (bicyclic) bond motifs is 1. The van der Waals surface area contributed by atoms with Crippen molar-refractivity contribution in [2.75, 3.05) is 19.0 Å². The van der Waals surface area contributed by atoms with E-state index in [1.807, 2.05) is 6.07 Å². The van der Waals surface area contributed by atoms with Gasteiger partial charge in [-0.2, -0.15) is 0 Å². The summed E-state index contributed by atoms with van der Waals surface area (Å²) in [4.78, 5) is 0. The van der Waals surface area contributed by atoms with Crippen LogP contribution in [0.2, 0.25) is 5.02 Å². The van der Waals surface area contributed by atoms with E-state index in [-0.39, 0.29) is 5.84 Å². The molecule has 1 aromatic rings. The standard InChI is InChI=1S/C11H16ClN5O/c1-18-10-7(12)5-6-3-2-4-15-9(6)8(10)11(13)16-17-14/h5,15,17H,2-4,14H2,1H3,(H2,13,16). The van der Waals surface area contributed by atoms with E-state index < -0.39 is 0 Å². The average molecular weight is 270 g/mol. The Morgan fingerprint density at radius 1 is 1.61 bits per heavy atom. The van der Waals surface area contributed by atoms with E-state index in [1.54, 1.807) is 7.11 Å². The highest BCUT2D eigenvalue weighted by molar-refractivity contribution is 6.33. The number of hydrogen-bond donors (Lipinski definition) is 4. The number of halogens is 1. The highest BCUT2D eigenvalue weighted by Crippen LogP contribution is 2.38. The number of aryl methyl sites for hydroxylation is 1. The number of nitrogens with one attached hydrogen (secondary N) is 2. The van der Waals surface area contributed by atoms with Crippen molar-refractivity contribution in [3.8, 4) is 5.75 Å². The van der Waals surface area contributed by atoms with Crippen molar-refractivity contribution >= 4 is 23.1 Å². The number of ether oxygens (including phenoxy) is 1. The van der Waals surface area contributed by atoms with Crippen molar-refractivity contribution < 1.29 is 4.74 Å². The second kappa shape index (κ2) is 5.32. The Bertz CT molecular complexity index is 489. The Hall–Kier alpha value is -1.66. The molecular formula is C11H16ClN5O. The predicted octanol–water partition coefficient (Wildman–Crippen LogP) is 0.790. The summed E-state index contributed by atoms with van der Waals surface area (Å²) in [5, 5.41) is 7.62. The summed E-state index contributed by atoms with van der Waals surface area (Å²) < 4.78 is 5.31. The summed E-state index contributed by atoms with van der Waals surface area (Å²) in [5.41, 5.74) is 10.8. The van der Waals surface area contributed by atoms with Crippen LogP contribution in [-0.2, 0) is 6.42 Å². The minimum Gasteiger partial charge on any atom is -0.494 e. The van der Waals surface area contributed by atoms with E-state index in [0.717, 1.165) is 30.6 Å².